The predicted octanol–water partition coefficient (Wildman–Crippen LogP) is 4.11. The van der Waals surface area contributed by atoms with E-state index < -0.39 is 0 Å². The fourth-order valence-electron chi connectivity index (χ4n) is 3.36. The predicted molar refractivity (Wildman–Crippen MR) is 94.1 cm³/mol. The maximum Gasteiger partial charge on any atom is 0.117 e. The number of hydrogen-bond donors (Lipinski definition) is 1. The molecule has 1 atom stereocenters. The van der Waals surface area contributed by atoms with Crippen LogP contribution in [0.1, 0.15) is 42.4 Å². The molecule has 1 saturated heterocycles. The van der Waals surface area contributed by atoms with Crippen molar-refractivity contribution in [3.8, 4) is 0 Å². The van der Waals surface area contributed by atoms with Gasteiger partial charge < -0.3 is 9.73 Å². The summed E-state index contributed by atoms with van der Waals surface area (Å²) in [6.45, 7) is 9.57. The van der Waals surface area contributed by atoms with E-state index in [1.54, 1.807) is 0 Å². The number of likely N-dealkylation sites (tertiary alicyclic amines) is 1. The van der Waals surface area contributed by atoms with Crippen molar-refractivity contribution in [3.05, 3.63) is 59.0 Å². The lowest BCUT2D eigenvalue weighted by molar-refractivity contribution is 0.176. The van der Waals surface area contributed by atoms with Crippen molar-refractivity contribution in [2.45, 2.75) is 46.3 Å². The molecule has 1 aliphatic rings. The Labute approximate surface area is 139 Å². The van der Waals surface area contributed by atoms with Gasteiger partial charge in [-0.1, -0.05) is 31.2 Å². The lowest BCUT2D eigenvalue weighted by atomic mass is 9.99. The van der Waals surface area contributed by atoms with Crippen LogP contribution >= 0.6 is 0 Å². The minimum absolute atomic E-state index is 0.779. The second-order valence-corrected chi connectivity index (χ2v) is 6.91. The average Bonchev–Trinajstić information content (AvgIpc) is 2.95. The molecule has 1 fully saturated rings. The number of nitrogens with one attached hydrogen (secondary N) is 1. The van der Waals surface area contributed by atoms with Crippen LogP contribution in [-0.4, -0.2) is 18.0 Å². The zero-order valence-electron chi connectivity index (χ0n) is 14.3. The maximum absolute atomic E-state index is 5.57. The Bertz CT molecular complexity index is 602. The van der Waals surface area contributed by atoms with Crippen LogP contribution < -0.4 is 5.32 Å². The average molecular weight is 312 g/mol. The smallest absolute Gasteiger partial charge is 0.117 e. The topological polar surface area (TPSA) is 28.4 Å². The molecule has 0 spiro atoms. The third kappa shape index (κ3) is 4.95. The Morgan fingerprint density at radius 2 is 1.87 bits per heavy atom. The summed E-state index contributed by atoms with van der Waals surface area (Å²) >= 11 is 0. The molecular weight excluding hydrogens is 284 g/mol. The highest BCUT2D eigenvalue weighted by atomic mass is 16.3. The van der Waals surface area contributed by atoms with E-state index in [0.717, 1.165) is 37.1 Å². The molecule has 0 aliphatic carbocycles. The third-order valence-electron chi connectivity index (χ3n) is 4.59. The van der Waals surface area contributed by atoms with Gasteiger partial charge in [0.2, 0.25) is 0 Å². The Balaban J connectivity index is 1.45. The van der Waals surface area contributed by atoms with Crippen LogP contribution in [0.15, 0.2) is 40.8 Å². The fraction of sp³-hybridized carbons (Fsp3) is 0.500. The standard InChI is InChI=1S/C20H28N2O/c1-16-4-3-11-22(14-16)15-19-8-6-18(7-9-19)12-21-13-20-10-5-17(2)23-20/h5-10,16,21H,3-4,11-15H2,1-2H3. The van der Waals surface area contributed by atoms with Gasteiger partial charge in [-0.3, -0.25) is 4.90 Å². The van der Waals surface area contributed by atoms with Gasteiger partial charge in [0.15, 0.2) is 0 Å². The van der Waals surface area contributed by atoms with Crippen LogP contribution in [0.3, 0.4) is 0 Å². The molecule has 1 aromatic heterocycles. The zero-order chi connectivity index (χ0) is 16.1. The van der Waals surface area contributed by atoms with Crippen molar-refractivity contribution < 1.29 is 4.42 Å². The number of aryl methyl sites for hydroxylation is 1. The van der Waals surface area contributed by atoms with Crippen LogP contribution in [0.5, 0.6) is 0 Å². The summed E-state index contributed by atoms with van der Waals surface area (Å²) in [7, 11) is 0. The summed E-state index contributed by atoms with van der Waals surface area (Å²) in [5.41, 5.74) is 2.74. The highest BCUT2D eigenvalue weighted by Gasteiger charge is 2.15. The maximum atomic E-state index is 5.57. The largest absolute Gasteiger partial charge is 0.465 e. The van der Waals surface area contributed by atoms with Gasteiger partial charge in [-0.25, -0.2) is 0 Å². The molecule has 2 heterocycles. The molecule has 1 aromatic carbocycles. The van der Waals surface area contributed by atoms with E-state index >= 15 is 0 Å². The van der Waals surface area contributed by atoms with E-state index in [2.05, 4.69) is 41.4 Å². The molecule has 0 saturated carbocycles. The van der Waals surface area contributed by atoms with Crippen molar-refractivity contribution in [2.24, 2.45) is 5.92 Å². The third-order valence-corrected chi connectivity index (χ3v) is 4.59. The first-order chi connectivity index (χ1) is 11.2. The fourth-order valence-corrected chi connectivity index (χ4v) is 3.36. The number of hydrogen-bond acceptors (Lipinski definition) is 3. The molecule has 2 aromatic rings. The van der Waals surface area contributed by atoms with Gasteiger partial charge in [0.1, 0.15) is 11.5 Å². The van der Waals surface area contributed by atoms with E-state index in [4.69, 9.17) is 4.42 Å². The van der Waals surface area contributed by atoms with E-state index in [-0.39, 0.29) is 0 Å². The van der Waals surface area contributed by atoms with Gasteiger partial charge >= 0.3 is 0 Å². The molecule has 1 N–H and O–H groups in total. The molecule has 0 bridgehead atoms. The van der Waals surface area contributed by atoms with Crippen LogP contribution in [0.4, 0.5) is 0 Å². The lowest BCUT2D eigenvalue weighted by Crippen LogP contribution is -2.33. The van der Waals surface area contributed by atoms with Gasteiger partial charge in [-0.05, 0) is 55.5 Å². The second-order valence-electron chi connectivity index (χ2n) is 6.91. The monoisotopic (exact) mass is 312 g/mol. The van der Waals surface area contributed by atoms with Gasteiger partial charge in [0.25, 0.3) is 0 Å². The summed E-state index contributed by atoms with van der Waals surface area (Å²) in [6, 6.07) is 13.1. The summed E-state index contributed by atoms with van der Waals surface area (Å²) in [5.74, 6) is 2.81. The Morgan fingerprint density at radius 1 is 1.09 bits per heavy atom. The van der Waals surface area contributed by atoms with Crippen molar-refractivity contribution in [1.82, 2.24) is 10.2 Å². The van der Waals surface area contributed by atoms with Gasteiger partial charge in [-0.15, -0.1) is 0 Å². The molecule has 124 valence electrons. The first kappa shape index (κ1) is 16.3. The number of benzene rings is 1. The van der Waals surface area contributed by atoms with Crippen molar-refractivity contribution >= 4 is 0 Å². The molecule has 0 amide bonds. The van der Waals surface area contributed by atoms with Crippen molar-refractivity contribution in [1.29, 1.82) is 0 Å². The van der Waals surface area contributed by atoms with Gasteiger partial charge in [0, 0.05) is 19.6 Å². The van der Waals surface area contributed by atoms with Gasteiger partial charge in [-0.2, -0.15) is 0 Å². The molecule has 3 rings (SSSR count). The molecular formula is C20H28N2O. The van der Waals surface area contributed by atoms with Crippen molar-refractivity contribution in [2.75, 3.05) is 13.1 Å². The molecule has 0 radical (unpaired) electrons. The summed E-state index contributed by atoms with van der Waals surface area (Å²) in [5, 5.41) is 3.43. The Kier molecular flexibility index (Phi) is 5.52. The Hall–Kier alpha value is -1.58. The summed E-state index contributed by atoms with van der Waals surface area (Å²) < 4.78 is 5.57. The van der Waals surface area contributed by atoms with Gasteiger partial charge in [0.05, 0.1) is 6.54 Å². The number of piperidine rings is 1. The van der Waals surface area contributed by atoms with Crippen LogP contribution in [0, 0.1) is 12.8 Å². The number of nitrogens with zero attached hydrogens (tertiary/aromatic N) is 1. The zero-order valence-corrected chi connectivity index (χ0v) is 14.3. The molecule has 1 unspecified atom stereocenters. The Morgan fingerprint density at radius 3 is 2.57 bits per heavy atom. The summed E-state index contributed by atoms with van der Waals surface area (Å²) in [4.78, 5) is 2.58. The summed E-state index contributed by atoms with van der Waals surface area (Å²) in [6.07, 6.45) is 2.73. The van der Waals surface area contributed by atoms with E-state index in [1.165, 1.54) is 37.1 Å². The highest BCUT2D eigenvalue weighted by Crippen LogP contribution is 2.18. The quantitative estimate of drug-likeness (QED) is 0.870. The van der Waals surface area contributed by atoms with Crippen LogP contribution in [0.25, 0.3) is 0 Å². The normalized spacial score (nSPS) is 19.1. The highest BCUT2D eigenvalue weighted by molar-refractivity contribution is 5.22. The van der Waals surface area contributed by atoms with Crippen LogP contribution in [-0.2, 0) is 19.6 Å². The first-order valence-electron chi connectivity index (χ1n) is 8.75. The number of rotatable bonds is 6. The molecule has 3 nitrogen and oxygen atoms in total. The minimum atomic E-state index is 0.779. The lowest BCUT2D eigenvalue weighted by Gasteiger charge is -2.30. The van der Waals surface area contributed by atoms with E-state index in [9.17, 15) is 0 Å². The van der Waals surface area contributed by atoms with Crippen molar-refractivity contribution in [3.63, 3.8) is 0 Å². The first-order valence-corrected chi connectivity index (χ1v) is 8.75. The second kappa shape index (κ2) is 7.80. The van der Waals surface area contributed by atoms with Crippen LogP contribution in [0.2, 0.25) is 0 Å². The molecule has 23 heavy (non-hydrogen) atoms. The minimum Gasteiger partial charge on any atom is -0.465 e. The van der Waals surface area contributed by atoms with E-state index in [0.29, 0.717) is 0 Å². The molecule has 1 aliphatic heterocycles. The number of furan rings is 1. The molecule has 3 heteroatoms. The SMILES string of the molecule is Cc1ccc(CNCc2ccc(CN3CCCC(C)C3)cc2)o1. The van der Waals surface area contributed by atoms with E-state index in [1.807, 2.05) is 19.1 Å².